The standard InChI is InChI=1S/C25H28N8O3/c1-15(2)22(16-13-27-33(4)14-16)30-24-26-10-8-19(29-24)17-6-5-7-18(28-17)20-12-21(36-31-20)25(35)9-11-32(3)23(25)34/h5-8,10,12-15,22,35H,9,11H2,1-4H3,(H,26,29,30)/t22-,25-/m1/s1. The Morgan fingerprint density at radius 3 is 2.53 bits per heavy atom. The molecule has 36 heavy (non-hydrogen) atoms. The number of aliphatic hydroxyl groups is 1. The molecule has 11 heteroatoms. The van der Waals surface area contributed by atoms with Crippen LogP contribution < -0.4 is 5.32 Å². The van der Waals surface area contributed by atoms with Crippen molar-refractivity contribution in [2.24, 2.45) is 13.0 Å². The van der Waals surface area contributed by atoms with Gasteiger partial charge in [-0.25, -0.2) is 15.0 Å². The molecule has 0 saturated carbocycles. The summed E-state index contributed by atoms with van der Waals surface area (Å²) in [6.45, 7) is 4.69. The molecule has 4 aromatic rings. The van der Waals surface area contributed by atoms with Crippen LogP contribution in [0.15, 0.2) is 53.4 Å². The van der Waals surface area contributed by atoms with Gasteiger partial charge in [0.1, 0.15) is 5.69 Å². The summed E-state index contributed by atoms with van der Waals surface area (Å²) in [6.07, 6.45) is 5.75. The number of hydrogen-bond donors (Lipinski definition) is 2. The van der Waals surface area contributed by atoms with Crippen LogP contribution in [-0.4, -0.2) is 59.4 Å². The third kappa shape index (κ3) is 4.33. The number of nitrogens with one attached hydrogen (secondary N) is 1. The monoisotopic (exact) mass is 488 g/mol. The van der Waals surface area contributed by atoms with Crippen molar-refractivity contribution in [2.45, 2.75) is 31.9 Å². The van der Waals surface area contributed by atoms with Crippen LogP contribution in [0.25, 0.3) is 22.8 Å². The Kier molecular flexibility index (Phi) is 6.00. The van der Waals surface area contributed by atoms with Gasteiger partial charge in [-0.2, -0.15) is 5.10 Å². The van der Waals surface area contributed by atoms with E-state index in [-0.39, 0.29) is 24.1 Å². The maximum atomic E-state index is 12.4. The van der Waals surface area contributed by atoms with Crippen LogP contribution in [0.2, 0.25) is 0 Å². The number of carbonyl (C=O) groups is 1. The highest BCUT2D eigenvalue weighted by atomic mass is 16.5. The number of aryl methyl sites for hydroxylation is 1. The lowest BCUT2D eigenvalue weighted by Gasteiger charge is -2.21. The first-order valence-corrected chi connectivity index (χ1v) is 11.8. The Morgan fingerprint density at radius 1 is 1.11 bits per heavy atom. The summed E-state index contributed by atoms with van der Waals surface area (Å²) in [5, 5.41) is 22.6. The van der Waals surface area contributed by atoms with Crippen molar-refractivity contribution < 1.29 is 14.4 Å². The fraction of sp³-hybridized carbons (Fsp3) is 0.360. The first kappa shape index (κ1) is 23.6. The molecule has 2 N–H and O–H groups in total. The average molecular weight is 489 g/mol. The van der Waals surface area contributed by atoms with Gasteiger partial charge in [0.05, 0.1) is 29.3 Å². The molecular weight excluding hydrogens is 460 g/mol. The van der Waals surface area contributed by atoms with Crippen LogP contribution in [0.3, 0.4) is 0 Å². The number of anilines is 1. The summed E-state index contributed by atoms with van der Waals surface area (Å²) >= 11 is 0. The first-order chi connectivity index (χ1) is 17.2. The molecule has 0 aromatic carbocycles. The van der Waals surface area contributed by atoms with Gasteiger partial charge in [-0.3, -0.25) is 9.48 Å². The van der Waals surface area contributed by atoms with Crippen molar-refractivity contribution >= 4 is 11.9 Å². The van der Waals surface area contributed by atoms with Crippen molar-refractivity contribution in [2.75, 3.05) is 18.9 Å². The van der Waals surface area contributed by atoms with E-state index in [2.05, 4.69) is 39.4 Å². The van der Waals surface area contributed by atoms with Gasteiger partial charge in [0.25, 0.3) is 5.91 Å². The molecule has 1 aliphatic heterocycles. The molecule has 2 atom stereocenters. The number of hydrogen-bond acceptors (Lipinski definition) is 9. The van der Waals surface area contributed by atoms with Crippen molar-refractivity contribution in [1.29, 1.82) is 0 Å². The molecular formula is C25H28N8O3. The predicted octanol–water partition coefficient (Wildman–Crippen LogP) is 2.79. The van der Waals surface area contributed by atoms with Crippen LogP contribution in [-0.2, 0) is 17.4 Å². The van der Waals surface area contributed by atoms with Gasteiger partial charge in [0.2, 0.25) is 11.5 Å². The minimum Gasteiger partial charge on any atom is -0.373 e. The number of nitrogens with zero attached hydrogens (tertiary/aromatic N) is 7. The minimum absolute atomic E-state index is 0.00931. The normalized spacial score (nSPS) is 18.7. The smallest absolute Gasteiger partial charge is 0.262 e. The highest BCUT2D eigenvalue weighted by Crippen LogP contribution is 2.34. The Hall–Kier alpha value is -4.12. The Labute approximate surface area is 208 Å². The molecule has 4 aromatic heterocycles. The van der Waals surface area contributed by atoms with Gasteiger partial charge < -0.3 is 19.8 Å². The second-order valence-corrected chi connectivity index (χ2v) is 9.40. The fourth-order valence-electron chi connectivity index (χ4n) is 4.34. The third-order valence-corrected chi connectivity index (χ3v) is 6.39. The van der Waals surface area contributed by atoms with Crippen molar-refractivity contribution in [1.82, 2.24) is 34.8 Å². The average Bonchev–Trinajstić information content (AvgIpc) is 3.60. The lowest BCUT2D eigenvalue weighted by atomic mass is 9.98. The molecule has 0 unspecified atom stereocenters. The molecule has 0 aliphatic carbocycles. The molecule has 186 valence electrons. The van der Waals surface area contributed by atoms with Crippen LogP contribution in [0.1, 0.15) is 37.6 Å². The van der Waals surface area contributed by atoms with E-state index in [0.717, 1.165) is 5.56 Å². The molecule has 1 fully saturated rings. The van der Waals surface area contributed by atoms with Crippen molar-refractivity contribution in [3.8, 4) is 22.8 Å². The van der Waals surface area contributed by atoms with E-state index in [1.54, 1.807) is 36.1 Å². The SMILES string of the molecule is CC(C)[C@@H](Nc1nccc(-c2cccc(-c3cc([C@]4(O)CCN(C)C4=O)on3)n2)n1)c1cnn(C)c1. The van der Waals surface area contributed by atoms with Gasteiger partial charge in [0.15, 0.2) is 5.76 Å². The molecule has 1 amide bonds. The number of pyridine rings is 1. The Bertz CT molecular complexity index is 1400. The van der Waals surface area contributed by atoms with E-state index in [4.69, 9.17) is 9.51 Å². The van der Waals surface area contributed by atoms with E-state index < -0.39 is 11.5 Å². The summed E-state index contributed by atoms with van der Waals surface area (Å²) in [4.78, 5) is 27.7. The first-order valence-electron chi connectivity index (χ1n) is 11.8. The van der Waals surface area contributed by atoms with E-state index in [9.17, 15) is 9.90 Å². The van der Waals surface area contributed by atoms with Gasteiger partial charge >= 0.3 is 0 Å². The maximum Gasteiger partial charge on any atom is 0.262 e. The lowest BCUT2D eigenvalue weighted by molar-refractivity contribution is -0.144. The molecule has 1 saturated heterocycles. The maximum absolute atomic E-state index is 12.4. The quantitative estimate of drug-likeness (QED) is 0.402. The highest BCUT2D eigenvalue weighted by molar-refractivity contribution is 5.87. The number of carbonyl (C=O) groups excluding carboxylic acids is 1. The topological polar surface area (TPSA) is 135 Å². The molecule has 11 nitrogen and oxygen atoms in total. The number of likely N-dealkylation sites (N-methyl/N-ethyl adjacent to an activating group) is 1. The highest BCUT2D eigenvalue weighted by Gasteiger charge is 2.48. The van der Waals surface area contributed by atoms with Crippen molar-refractivity contribution in [3.05, 3.63) is 60.2 Å². The van der Waals surface area contributed by atoms with E-state index in [0.29, 0.717) is 35.3 Å². The van der Waals surface area contributed by atoms with Gasteiger partial charge in [-0.15, -0.1) is 0 Å². The molecule has 0 bridgehead atoms. The van der Waals surface area contributed by atoms with E-state index in [1.807, 2.05) is 31.6 Å². The third-order valence-electron chi connectivity index (χ3n) is 6.39. The largest absolute Gasteiger partial charge is 0.373 e. The number of aromatic nitrogens is 6. The van der Waals surface area contributed by atoms with Crippen LogP contribution in [0, 0.1) is 5.92 Å². The van der Waals surface area contributed by atoms with Crippen LogP contribution >= 0.6 is 0 Å². The van der Waals surface area contributed by atoms with Gasteiger partial charge in [0, 0.05) is 51.1 Å². The number of amides is 1. The van der Waals surface area contributed by atoms with E-state index in [1.165, 1.54) is 4.90 Å². The molecule has 0 radical (unpaired) electrons. The number of rotatable bonds is 7. The molecule has 5 heterocycles. The zero-order chi connectivity index (χ0) is 25.4. The van der Waals surface area contributed by atoms with Crippen LogP contribution in [0.5, 0.6) is 0 Å². The molecule has 1 aliphatic rings. The van der Waals surface area contributed by atoms with Crippen molar-refractivity contribution in [3.63, 3.8) is 0 Å². The summed E-state index contributed by atoms with van der Waals surface area (Å²) in [6, 6.07) is 8.82. The second kappa shape index (κ2) is 9.15. The second-order valence-electron chi connectivity index (χ2n) is 9.40. The Balaban J connectivity index is 1.40. The molecule has 0 spiro atoms. The van der Waals surface area contributed by atoms with Gasteiger partial charge in [-0.05, 0) is 24.1 Å². The lowest BCUT2D eigenvalue weighted by Crippen LogP contribution is -2.35. The van der Waals surface area contributed by atoms with E-state index >= 15 is 0 Å². The van der Waals surface area contributed by atoms with Gasteiger partial charge in [-0.1, -0.05) is 25.1 Å². The predicted molar refractivity (Wildman–Crippen MR) is 131 cm³/mol. The summed E-state index contributed by atoms with van der Waals surface area (Å²) in [7, 11) is 3.53. The molecule has 5 rings (SSSR count). The Morgan fingerprint density at radius 2 is 1.86 bits per heavy atom. The minimum atomic E-state index is -1.70. The summed E-state index contributed by atoms with van der Waals surface area (Å²) in [5.41, 5.74) is 1.57. The summed E-state index contributed by atoms with van der Waals surface area (Å²) in [5.74, 6) is 0.476. The zero-order valence-corrected chi connectivity index (χ0v) is 20.6. The zero-order valence-electron chi connectivity index (χ0n) is 20.6. The fourth-order valence-corrected chi connectivity index (χ4v) is 4.34. The summed E-state index contributed by atoms with van der Waals surface area (Å²) < 4.78 is 7.14. The van der Waals surface area contributed by atoms with Crippen LogP contribution in [0.4, 0.5) is 5.95 Å². The number of likely N-dealkylation sites (tertiary alicyclic amines) is 1.